The number of fused-ring (bicyclic) bond motifs is 2. The third kappa shape index (κ3) is 4.04. The van der Waals surface area contributed by atoms with Gasteiger partial charge in [0, 0.05) is 17.8 Å². The number of aromatic nitrogens is 1. The number of nitrogens with zero attached hydrogens (tertiary/aromatic N) is 1. The number of alkyl halides is 3. The maximum absolute atomic E-state index is 14.4. The van der Waals surface area contributed by atoms with E-state index in [4.69, 9.17) is 11.6 Å². The van der Waals surface area contributed by atoms with E-state index in [1.807, 2.05) is 0 Å². The van der Waals surface area contributed by atoms with E-state index >= 15 is 0 Å². The van der Waals surface area contributed by atoms with Gasteiger partial charge in [-0.05, 0) is 60.2 Å². The van der Waals surface area contributed by atoms with Crippen LogP contribution >= 0.6 is 11.6 Å². The van der Waals surface area contributed by atoms with Gasteiger partial charge in [0.05, 0.1) is 29.2 Å². The average Bonchev–Trinajstić information content (AvgIpc) is 2.72. The maximum Gasteiger partial charge on any atom is 0.416 e. The molecule has 2 aromatic carbocycles. The van der Waals surface area contributed by atoms with Gasteiger partial charge in [-0.2, -0.15) is 13.2 Å². The first-order valence-corrected chi connectivity index (χ1v) is 10.2. The van der Waals surface area contributed by atoms with E-state index in [9.17, 15) is 27.2 Å². The van der Waals surface area contributed by atoms with Crippen LogP contribution in [0.3, 0.4) is 0 Å². The molecule has 1 atom stereocenters. The quantitative estimate of drug-likeness (QED) is 0.539. The Morgan fingerprint density at radius 2 is 2.03 bits per heavy atom. The highest BCUT2D eigenvalue weighted by atomic mass is 35.5. The molecule has 0 aliphatic carbocycles. The van der Waals surface area contributed by atoms with Crippen molar-refractivity contribution in [2.45, 2.75) is 25.6 Å². The van der Waals surface area contributed by atoms with Crippen molar-refractivity contribution < 1.29 is 22.4 Å². The standard InChI is InChI=1S/C22H18ClF4N3O2/c1-11-20-13(6-14(8-16(20)23)22(25,26)27)3-5-30(11)19(31)10-29-18-7-12-2-4-28-21(32)15(12)9-17(18)24/h2,4,6-9,11,29H,3,5,10H2,1H3,(H,28,32)/t11-/m1/s1. The van der Waals surface area contributed by atoms with Crippen LogP contribution < -0.4 is 10.9 Å². The van der Waals surface area contributed by atoms with Crippen molar-refractivity contribution in [2.75, 3.05) is 18.4 Å². The summed E-state index contributed by atoms with van der Waals surface area (Å²) >= 11 is 6.15. The van der Waals surface area contributed by atoms with Crippen molar-refractivity contribution in [1.29, 1.82) is 0 Å². The Hall–Kier alpha value is -3.07. The molecule has 168 valence electrons. The second kappa shape index (κ2) is 8.12. The SMILES string of the molecule is C[C@@H]1c2c(Cl)cc(C(F)(F)F)cc2CCN1C(=O)CNc1cc2cc[nH]c(=O)c2cc1F. The lowest BCUT2D eigenvalue weighted by Gasteiger charge is -2.36. The highest BCUT2D eigenvalue weighted by Gasteiger charge is 2.35. The van der Waals surface area contributed by atoms with Crippen LogP contribution in [-0.4, -0.2) is 28.9 Å². The Kier molecular flexibility index (Phi) is 5.62. The molecular weight excluding hydrogens is 450 g/mol. The summed E-state index contributed by atoms with van der Waals surface area (Å²) in [5, 5.41) is 3.41. The maximum atomic E-state index is 14.4. The van der Waals surface area contributed by atoms with Crippen molar-refractivity contribution in [2.24, 2.45) is 0 Å². The Bertz CT molecular complexity index is 1270. The van der Waals surface area contributed by atoms with E-state index < -0.39 is 29.2 Å². The predicted octanol–water partition coefficient (Wildman–Crippen LogP) is 4.90. The van der Waals surface area contributed by atoms with Gasteiger partial charge in [0.2, 0.25) is 5.91 Å². The Balaban J connectivity index is 1.53. The molecule has 0 radical (unpaired) electrons. The van der Waals surface area contributed by atoms with Crippen LogP contribution in [0.4, 0.5) is 23.2 Å². The van der Waals surface area contributed by atoms with Crippen molar-refractivity contribution in [3.63, 3.8) is 0 Å². The summed E-state index contributed by atoms with van der Waals surface area (Å²) < 4.78 is 53.6. The van der Waals surface area contributed by atoms with Gasteiger partial charge in [-0.25, -0.2) is 4.39 Å². The molecule has 0 saturated carbocycles. The zero-order valence-electron chi connectivity index (χ0n) is 16.8. The molecule has 1 aliphatic rings. The molecule has 0 saturated heterocycles. The Morgan fingerprint density at radius 3 is 2.75 bits per heavy atom. The van der Waals surface area contributed by atoms with Gasteiger partial charge in [-0.1, -0.05) is 11.6 Å². The van der Waals surface area contributed by atoms with E-state index in [0.717, 1.165) is 18.2 Å². The van der Waals surface area contributed by atoms with Gasteiger partial charge in [-0.15, -0.1) is 0 Å². The molecule has 1 amide bonds. The highest BCUT2D eigenvalue weighted by molar-refractivity contribution is 6.31. The van der Waals surface area contributed by atoms with Gasteiger partial charge in [0.15, 0.2) is 0 Å². The number of halogens is 5. The molecule has 0 bridgehead atoms. The normalized spacial score (nSPS) is 16.2. The molecular formula is C22H18ClF4N3O2. The largest absolute Gasteiger partial charge is 0.416 e. The molecule has 2 N–H and O–H groups in total. The minimum atomic E-state index is -4.51. The monoisotopic (exact) mass is 467 g/mol. The molecule has 3 aromatic rings. The summed E-state index contributed by atoms with van der Waals surface area (Å²) in [6.07, 6.45) is -2.84. The van der Waals surface area contributed by atoms with Crippen molar-refractivity contribution in [1.82, 2.24) is 9.88 Å². The Labute approximate surface area is 185 Å². The Morgan fingerprint density at radius 1 is 1.28 bits per heavy atom. The van der Waals surface area contributed by atoms with Crippen LogP contribution in [0.25, 0.3) is 10.8 Å². The van der Waals surface area contributed by atoms with Crippen molar-refractivity contribution >= 4 is 34.0 Å². The molecule has 32 heavy (non-hydrogen) atoms. The van der Waals surface area contributed by atoms with Crippen molar-refractivity contribution in [3.05, 3.63) is 74.4 Å². The zero-order chi connectivity index (χ0) is 23.2. The first-order valence-electron chi connectivity index (χ1n) is 9.80. The number of hydrogen-bond acceptors (Lipinski definition) is 3. The third-order valence-electron chi connectivity index (χ3n) is 5.66. The fraction of sp³-hybridized carbons (Fsp3) is 0.273. The zero-order valence-corrected chi connectivity index (χ0v) is 17.6. The lowest BCUT2D eigenvalue weighted by molar-refractivity contribution is -0.138. The number of pyridine rings is 1. The number of aromatic amines is 1. The van der Waals surface area contributed by atoms with Gasteiger partial charge in [-0.3, -0.25) is 9.59 Å². The van der Waals surface area contributed by atoms with E-state index in [2.05, 4.69) is 10.3 Å². The second-order valence-corrected chi connectivity index (χ2v) is 8.03. The summed E-state index contributed by atoms with van der Waals surface area (Å²) in [6, 6.07) is 5.56. The van der Waals surface area contributed by atoms with Crippen LogP contribution in [0.2, 0.25) is 5.02 Å². The fourth-order valence-corrected chi connectivity index (χ4v) is 4.46. The summed E-state index contributed by atoms with van der Waals surface area (Å²) in [5.74, 6) is -1.04. The number of benzene rings is 2. The molecule has 10 heteroatoms. The van der Waals surface area contributed by atoms with Crippen LogP contribution in [0.5, 0.6) is 0 Å². The van der Waals surface area contributed by atoms with Crippen LogP contribution in [0.1, 0.15) is 29.7 Å². The first-order chi connectivity index (χ1) is 15.1. The number of carbonyl (C=O) groups is 1. The smallest absolute Gasteiger partial charge is 0.374 e. The van der Waals surface area contributed by atoms with Gasteiger partial charge in [0.1, 0.15) is 5.82 Å². The highest BCUT2D eigenvalue weighted by Crippen LogP contribution is 2.40. The lowest BCUT2D eigenvalue weighted by atomic mass is 9.91. The lowest BCUT2D eigenvalue weighted by Crippen LogP contribution is -2.42. The average molecular weight is 468 g/mol. The number of H-pyrrole nitrogens is 1. The third-order valence-corrected chi connectivity index (χ3v) is 5.97. The molecule has 0 spiro atoms. The van der Waals surface area contributed by atoms with Gasteiger partial charge < -0.3 is 15.2 Å². The van der Waals surface area contributed by atoms with E-state index in [1.54, 1.807) is 13.0 Å². The van der Waals surface area contributed by atoms with Crippen LogP contribution in [0, 0.1) is 5.82 Å². The number of nitrogens with one attached hydrogen (secondary N) is 2. The van der Waals surface area contributed by atoms with Crippen LogP contribution in [-0.2, 0) is 17.4 Å². The predicted molar refractivity (Wildman–Crippen MR) is 113 cm³/mol. The number of amides is 1. The summed E-state index contributed by atoms with van der Waals surface area (Å²) in [4.78, 5) is 28.6. The summed E-state index contributed by atoms with van der Waals surface area (Å²) in [7, 11) is 0. The molecule has 0 unspecified atom stereocenters. The molecule has 5 nitrogen and oxygen atoms in total. The molecule has 4 rings (SSSR count). The number of anilines is 1. The number of hydrogen-bond donors (Lipinski definition) is 2. The molecule has 1 aliphatic heterocycles. The van der Waals surface area contributed by atoms with Gasteiger partial charge >= 0.3 is 6.18 Å². The van der Waals surface area contributed by atoms with E-state index in [1.165, 1.54) is 17.2 Å². The second-order valence-electron chi connectivity index (χ2n) is 7.62. The van der Waals surface area contributed by atoms with Crippen LogP contribution in [0.15, 0.2) is 41.3 Å². The minimum Gasteiger partial charge on any atom is -0.374 e. The minimum absolute atomic E-state index is 0.0430. The molecule has 1 aromatic heterocycles. The van der Waals surface area contributed by atoms with Crippen molar-refractivity contribution in [3.8, 4) is 0 Å². The molecule has 0 fully saturated rings. The topological polar surface area (TPSA) is 65.2 Å². The first kappa shape index (κ1) is 22.1. The number of carbonyl (C=O) groups excluding carboxylic acids is 1. The summed E-state index contributed by atoms with van der Waals surface area (Å²) in [5.41, 5.74) is -0.235. The summed E-state index contributed by atoms with van der Waals surface area (Å²) in [6.45, 7) is 1.67. The number of rotatable bonds is 3. The molecule has 2 heterocycles. The van der Waals surface area contributed by atoms with E-state index in [-0.39, 0.29) is 41.5 Å². The van der Waals surface area contributed by atoms with E-state index in [0.29, 0.717) is 16.5 Å². The fourth-order valence-electron chi connectivity index (χ4n) is 4.06. The van der Waals surface area contributed by atoms with Gasteiger partial charge in [0.25, 0.3) is 5.56 Å².